The van der Waals surface area contributed by atoms with Crippen LogP contribution in [0.4, 0.5) is 17.8 Å². The summed E-state index contributed by atoms with van der Waals surface area (Å²) in [7, 11) is 0. The van der Waals surface area contributed by atoms with Crippen LogP contribution in [0, 0.1) is 0 Å². The van der Waals surface area contributed by atoms with E-state index in [-0.39, 0.29) is 0 Å². The summed E-state index contributed by atoms with van der Waals surface area (Å²) in [6.07, 6.45) is 2.40. The fraction of sp³-hybridized carbons (Fsp3) is 0.538. The molecular formula is C13H19N7S. The van der Waals surface area contributed by atoms with E-state index in [0.717, 1.165) is 31.3 Å². The van der Waals surface area contributed by atoms with Gasteiger partial charge in [0.1, 0.15) is 0 Å². The highest BCUT2D eigenvalue weighted by Gasteiger charge is 2.17. The number of thiazole rings is 1. The second-order valence-corrected chi connectivity index (χ2v) is 5.56. The normalized spacial score (nSPS) is 14.4. The first-order valence-electron chi connectivity index (χ1n) is 7.21. The van der Waals surface area contributed by atoms with E-state index in [1.807, 2.05) is 17.8 Å². The average molecular weight is 305 g/mol. The molecule has 0 saturated carbocycles. The van der Waals surface area contributed by atoms with Gasteiger partial charge in [0.25, 0.3) is 0 Å². The Hall–Kier alpha value is -1.96. The summed E-state index contributed by atoms with van der Waals surface area (Å²) >= 11 is 1.58. The zero-order chi connectivity index (χ0) is 14.5. The maximum Gasteiger partial charge on any atom is 0.231 e. The van der Waals surface area contributed by atoms with Crippen molar-refractivity contribution in [2.75, 3.05) is 35.2 Å². The van der Waals surface area contributed by atoms with E-state index in [9.17, 15) is 0 Å². The van der Waals surface area contributed by atoms with Crippen molar-refractivity contribution in [3.05, 3.63) is 16.6 Å². The zero-order valence-electron chi connectivity index (χ0n) is 12.0. The van der Waals surface area contributed by atoms with Gasteiger partial charge in [0.05, 0.1) is 17.7 Å². The van der Waals surface area contributed by atoms with Crippen LogP contribution in [-0.4, -0.2) is 39.6 Å². The number of anilines is 3. The molecule has 2 N–H and O–H groups in total. The van der Waals surface area contributed by atoms with E-state index in [0.29, 0.717) is 18.4 Å². The van der Waals surface area contributed by atoms with Gasteiger partial charge in [0, 0.05) is 25.0 Å². The molecule has 0 spiro atoms. The molecule has 2 aromatic heterocycles. The fourth-order valence-electron chi connectivity index (χ4n) is 2.23. The van der Waals surface area contributed by atoms with Crippen LogP contribution in [0.15, 0.2) is 10.9 Å². The zero-order valence-corrected chi connectivity index (χ0v) is 12.9. The molecule has 112 valence electrons. The van der Waals surface area contributed by atoms with Crippen LogP contribution >= 0.6 is 11.3 Å². The summed E-state index contributed by atoms with van der Waals surface area (Å²) in [5.41, 5.74) is 2.82. The number of hydrogen-bond donors (Lipinski definition) is 2. The summed E-state index contributed by atoms with van der Waals surface area (Å²) in [5.74, 6) is 1.96. The van der Waals surface area contributed by atoms with E-state index in [1.54, 1.807) is 11.3 Å². The molecule has 1 saturated heterocycles. The SMILES string of the molecule is CCNc1nc(NCc2cscn2)nc(N2CCCC2)n1. The Morgan fingerprint density at radius 3 is 2.57 bits per heavy atom. The summed E-state index contributed by atoms with van der Waals surface area (Å²) in [4.78, 5) is 19.9. The van der Waals surface area contributed by atoms with Crippen molar-refractivity contribution in [2.45, 2.75) is 26.3 Å². The van der Waals surface area contributed by atoms with Crippen LogP contribution in [0.25, 0.3) is 0 Å². The van der Waals surface area contributed by atoms with Crippen LogP contribution in [0.1, 0.15) is 25.5 Å². The minimum absolute atomic E-state index is 0.593. The topological polar surface area (TPSA) is 78.9 Å². The number of nitrogens with one attached hydrogen (secondary N) is 2. The smallest absolute Gasteiger partial charge is 0.231 e. The molecular weight excluding hydrogens is 286 g/mol. The average Bonchev–Trinajstić information content (AvgIpc) is 3.19. The number of hydrogen-bond acceptors (Lipinski definition) is 8. The highest BCUT2D eigenvalue weighted by molar-refractivity contribution is 7.07. The molecule has 1 aliphatic heterocycles. The van der Waals surface area contributed by atoms with Gasteiger partial charge >= 0.3 is 0 Å². The predicted octanol–water partition coefficient (Wildman–Crippen LogP) is 1.97. The highest BCUT2D eigenvalue weighted by Crippen LogP contribution is 2.18. The quantitative estimate of drug-likeness (QED) is 0.844. The van der Waals surface area contributed by atoms with Gasteiger partial charge in [-0.1, -0.05) is 0 Å². The second-order valence-electron chi connectivity index (χ2n) is 4.84. The third-order valence-corrected chi connectivity index (χ3v) is 3.89. The maximum atomic E-state index is 4.53. The largest absolute Gasteiger partial charge is 0.354 e. The van der Waals surface area contributed by atoms with Gasteiger partial charge in [0.2, 0.25) is 17.8 Å². The van der Waals surface area contributed by atoms with Crippen molar-refractivity contribution in [1.82, 2.24) is 19.9 Å². The third-order valence-electron chi connectivity index (χ3n) is 3.26. The molecule has 0 amide bonds. The monoisotopic (exact) mass is 305 g/mol. The molecule has 0 aliphatic carbocycles. The Kier molecular flexibility index (Phi) is 4.44. The minimum atomic E-state index is 0.593. The Balaban J connectivity index is 1.77. The number of aromatic nitrogens is 4. The molecule has 0 atom stereocenters. The first kappa shape index (κ1) is 14.0. The predicted molar refractivity (Wildman–Crippen MR) is 84.9 cm³/mol. The van der Waals surface area contributed by atoms with E-state index < -0.39 is 0 Å². The second kappa shape index (κ2) is 6.66. The van der Waals surface area contributed by atoms with Crippen molar-refractivity contribution in [3.8, 4) is 0 Å². The lowest BCUT2D eigenvalue weighted by Gasteiger charge is -2.16. The Bertz CT molecular complexity index is 566. The van der Waals surface area contributed by atoms with Crippen LogP contribution in [-0.2, 0) is 6.54 Å². The lowest BCUT2D eigenvalue weighted by atomic mass is 10.4. The lowest BCUT2D eigenvalue weighted by molar-refractivity contribution is 0.873. The fourth-order valence-corrected chi connectivity index (χ4v) is 2.79. The van der Waals surface area contributed by atoms with Crippen LogP contribution in [0.3, 0.4) is 0 Å². The molecule has 3 rings (SSSR count). The summed E-state index contributed by atoms with van der Waals surface area (Å²) in [6, 6.07) is 0. The Morgan fingerprint density at radius 1 is 1.14 bits per heavy atom. The van der Waals surface area contributed by atoms with Crippen LogP contribution in [0.5, 0.6) is 0 Å². The summed E-state index contributed by atoms with van der Waals surface area (Å²) < 4.78 is 0. The van der Waals surface area contributed by atoms with Crippen molar-refractivity contribution in [3.63, 3.8) is 0 Å². The highest BCUT2D eigenvalue weighted by atomic mass is 32.1. The molecule has 0 unspecified atom stereocenters. The number of rotatable bonds is 6. The van der Waals surface area contributed by atoms with Gasteiger partial charge < -0.3 is 15.5 Å². The first-order chi connectivity index (χ1) is 10.3. The van der Waals surface area contributed by atoms with Gasteiger partial charge in [-0.2, -0.15) is 15.0 Å². The van der Waals surface area contributed by atoms with E-state index in [2.05, 4.69) is 35.5 Å². The lowest BCUT2D eigenvalue weighted by Crippen LogP contribution is -2.22. The number of nitrogens with zero attached hydrogens (tertiary/aromatic N) is 5. The van der Waals surface area contributed by atoms with Crippen molar-refractivity contribution in [2.24, 2.45) is 0 Å². The van der Waals surface area contributed by atoms with Crippen LogP contribution in [0.2, 0.25) is 0 Å². The van der Waals surface area contributed by atoms with Crippen LogP contribution < -0.4 is 15.5 Å². The van der Waals surface area contributed by atoms with Gasteiger partial charge in [0.15, 0.2) is 0 Å². The van der Waals surface area contributed by atoms with Gasteiger partial charge in [-0.3, -0.25) is 0 Å². The molecule has 0 bridgehead atoms. The molecule has 1 fully saturated rings. The molecule has 8 heteroatoms. The van der Waals surface area contributed by atoms with Crippen molar-refractivity contribution >= 4 is 29.2 Å². The van der Waals surface area contributed by atoms with Gasteiger partial charge in [-0.15, -0.1) is 11.3 Å². The van der Waals surface area contributed by atoms with Crippen molar-refractivity contribution < 1.29 is 0 Å². The molecule has 1 aliphatic rings. The van der Waals surface area contributed by atoms with Gasteiger partial charge in [-0.25, -0.2) is 4.98 Å². The first-order valence-corrected chi connectivity index (χ1v) is 8.15. The Labute approximate surface area is 127 Å². The Morgan fingerprint density at radius 2 is 1.90 bits per heavy atom. The van der Waals surface area contributed by atoms with Gasteiger partial charge in [-0.05, 0) is 19.8 Å². The molecule has 7 nitrogen and oxygen atoms in total. The van der Waals surface area contributed by atoms with E-state index >= 15 is 0 Å². The summed E-state index contributed by atoms with van der Waals surface area (Å²) in [5, 5.41) is 8.40. The van der Waals surface area contributed by atoms with Crippen molar-refractivity contribution in [1.29, 1.82) is 0 Å². The molecule has 2 aromatic rings. The minimum Gasteiger partial charge on any atom is -0.354 e. The standard InChI is InChI=1S/C13H19N7S/c1-2-14-11-17-12(15-7-10-8-21-9-16-10)19-13(18-11)20-5-3-4-6-20/h8-9H,2-7H2,1H3,(H2,14,15,17,18,19). The molecule has 3 heterocycles. The van der Waals surface area contributed by atoms with E-state index in [4.69, 9.17) is 0 Å². The third kappa shape index (κ3) is 3.57. The molecule has 0 radical (unpaired) electrons. The summed E-state index contributed by atoms with van der Waals surface area (Å²) in [6.45, 7) is 5.47. The van der Waals surface area contributed by atoms with E-state index in [1.165, 1.54) is 12.8 Å². The molecule has 21 heavy (non-hydrogen) atoms. The maximum absolute atomic E-state index is 4.53. The molecule has 0 aromatic carbocycles.